The molecule has 4 rings (SSSR count). The molecule has 3 heterocycles. The molecule has 1 aliphatic heterocycles. The van der Waals surface area contributed by atoms with E-state index in [2.05, 4.69) is 15.4 Å². The fourth-order valence-corrected chi connectivity index (χ4v) is 3.30. The van der Waals surface area contributed by atoms with Crippen molar-refractivity contribution in [1.82, 2.24) is 14.8 Å². The highest BCUT2D eigenvalue weighted by molar-refractivity contribution is 7.09. The Kier molecular flexibility index (Phi) is 3.78. The van der Waals surface area contributed by atoms with Crippen molar-refractivity contribution in [3.63, 3.8) is 0 Å². The molecule has 0 saturated heterocycles. The van der Waals surface area contributed by atoms with Gasteiger partial charge in [0, 0.05) is 29.6 Å². The van der Waals surface area contributed by atoms with Crippen molar-refractivity contribution in [1.29, 1.82) is 0 Å². The predicted molar refractivity (Wildman–Crippen MR) is 92.6 cm³/mol. The number of hydrogen-bond acceptors (Lipinski definition) is 5. The summed E-state index contributed by atoms with van der Waals surface area (Å²) in [6, 6.07) is 7.67. The molecule has 0 unspecified atom stereocenters. The lowest BCUT2D eigenvalue weighted by Crippen LogP contribution is -2.18. The lowest BCUT2D eigenvalue weighted by atomic mass is 10.1. The van der Waals surface area contributed by atoms with E-state index in [1.54, 1.807) is 22.2 Å². The number of anilines is 1. The number of nitrogens with one attached hydrogen (secondary N) is 1. The molecule has 1 N–H and O–H groups in total. The topological polar surface area (TPSA) is 69.0 Å². The summed E-state index contributed by atoms with van der Waals surface area (Å²) in [5.41, 5.74) is 3.08. The Morgan fingerprint density at radius 3 is 3.17 bits per heavy atom. The largest absolute Gasteiger partial charge is 0.477 e. The van der Waals surface area contributed by atoms with Crippen LogP contribution in [0.4, 0.5) is 5.69 Å². The van der Waals surface area contributed by atoms with Gasteiger partial charge >= 0.3 is 0 Å². The fourth-order valence-electron chi connectivity index (χ4n) is 2.68. The van der Waals surface area contributed by atoms with Crippen LogP contribution < -0.4 is 10.1 Å². The number of aromatic nitrogens is 3. The number of amides is 1. The van der Waals surface area contributed by atoms with E-state index >= 15 is 0 Å². The van der Waals surface area contributed by atoms with Crippen LogP contribution in [0.25, 0.3) is 11.3 Å². The highest BCUT2D eigenvalue weighted by Crippen LogP contribution is 2.26. The fraction of sp³-hybridized carbons (Fsp3) is 0.235. The third kappa shape index (κ3) is 2.78. The molecule has 0 spiro atoms. The number of carbonyl (C=O) groups excluding carboxylic acids is 1. The van der Waals surface area contributed by atoms with E-state index in [0.29, 0.717) is 18.1 Å². The number of hydrogen-bond donors (Lipinski definition) is 1. The van der Waals surface area contributed by atoms with Crippen molar-refractivity contribution in [2.75, 3.05) is 11.9 Å². The molecule has 1 amide bonds. The van der Waals surface area contributed by atoms with Crippen molar-refractivity contribution in [3.05, 3.63) is 46.4 Å². The van der Waals surface area contributed by atoms with Crippen LogP contribution in [-0.2, 0) is 6.54 Å². The van der Waals surface area contributed by atoms with Gasteiger partial charge in [0.1, 0.15) is 5.56 Å². The number of nitrogens with zero attached hydrogens (tertiary/aromatic N) is 3. The number of rotatable bonds is 3. The van der Waals surface area contributed by atoms with E-state index < -0.39 is 0 Å². The highest BCUT2D eigenvalue weighted by atomic mass is 32.1. The van der Waals surface area contributed by atoms with Gasteiger partial charge in [-0.2, -0.15) is 5.10 Å². The molecule has 0 radical (unpaired) electrons. The summed E-state index contributed by atoms with van der Waals surface area (Å²) in [5.74, 6) is 0.329. The van der Waals surface area contributed by atoms with Crippen molar-refractivity contribution in [3.8, 4) is 17.1 Å². The summed E-state index contributed by atoms with van der Waals surface area (Å²) in [5, 5.41) is 10.2. The molecule has 2 aromatic heterocycles. The summed E-state index contributed by atoms with van der Waals surface area (Å²) in [7, 11) is 0. The maximum Gasteiger partial charge on any atom is 0.262 e. The van der Waals surface area contributed by atoms with Gasteiger partial charge in [0.05, 0.1) is 23.5 Å². The van der Waals surface area contributed by atoms with E-state index in [-0.39, 0.29) is 5.91 Å². The lowest BCUT2D eigenvalue weighted by Gasteiger charge is -2.15. The zero-order valence-corrected chi connectivity index (χ0v) is 14.0. The monoisotopic (exact) mass is 340 g/mol. The molecule has 0 bridgehead atoms. The number of benzene rings is 1. The Bertz CT molecular complexity index is 900. The third-order valence-electron chi connectivity index (χ3n) is 3.82. The molecule has 0 saturated carbocycles. The van der Waals surface area contributed by atoms with E-state index in [0.717, 1.165) is 34.9 Å². The molecule has 0 fully saturated rings. The number of carbonyl (C=O) groups is 1. The van der Waals surface area contributed by atoms with Crippen LogP contribution >= 0.6 is 11.3 Å². The van der Waals surface area contributed by atoms with Gasteiger partial charge in [-0.05, 0) is 19.1 Å². The third-order valence-corrected chi connectivity index (χ3v) is 4.60. The first-order chi connectivity index (χ1) is 11.7. The highest BCUT2D eigenvalue weighted by Gasteiger charge is 2.21. The second-order valence-corrected chi connectivity index (χ2v) is 6.64. The van der Waals surface area contributed by atoms with Gasteiger partial charge in [0.2, 0.25) is 5.88 Å². The Hall–Kier alpha value is -2.67. The minimum absolute atomic E-state index is 0.218. The zero-order valence-electron chi connectivity index (χ0n) is 13.2. The predicted octanol–water partition coefficient (Wildman–Crippen LogP) is 3.35. The smallest absolute Gasteiger partial charge is 0.262 e. The van der Waals surface area contributed by atoms with Gasteiger partial charge in [-0.25, -0.2) is 9.67 Å². The standard InChI is InChI=1S/C17H16N4O2S/c1-11-19-15(10-24-11)12-4-2-5-13(8-12)20-16(22)14-9-18-21-6-3-7-23-17(14)21/h2,4-5,8-10H,3,6-7H2,1H3,(H,20,22). The molecule has 1 aromatic carbocycles. The van der Waals surface area contributed by atoms with Crippen LogP contribution in [-0.4, -0.2) is 27.3 Å². The van der Waals surface area contributed by atoms with E-state index in [1.807, 2.05) is 36.6 Å². The van der Waals surface area contributed by atoms with Gasteiger partial charge in [0.15, 0.2) is 0 Å². The van der Waals surface area contributed by atoms with E-state index in [9.17, 15) is 4.79 Å². The van der Waals surface area contributed by atoms with Crippen LogP contribution in [0, 0.1) is 6.92 Å². The lowest BCUT2D eigenvalue weighted by molar-refractivity contribution is 0.102. The van der Waals surface area contributed by atoms with Crippen LogP contribution in [0.2, 0.25) is 0 Å². The van der Waals surface area contributed by atoms with Gasteiger partial charge < -0.3 is 10.1 Å². The Morgan fingerprint density at radius 2 is 2.33 bits per heavy atom. The molecular formula is C17H16N4O2S. The Morgan fingerprint density at radius 1 is 1.42 bits per heavy atom. The van der Waals surface area contributed by atoms with Crippen LogP contribution in [0.3, 0.4) is 0 Å². The molecular weight excluding hydrogens is 324 g/mol. The molecule has 24 heavy (non-hydrogen) atoms. The second-order valence-electron chi connectivity index (χ2n) is 5.58. The van der Waals surface area contributed by atoms with E-state index in [4.69, 9.17) is 4.74 Å². The molecule has 0 atom stereocenters. The zero-order chi connectivity index (χ0) is 16.5. The summed E-state index contributed by atoms with van der Waals surface area (Å²) in [4.78, 5) is 17.0. The molecule has 7 heteroatoms. The maximum absolute atomic E-state index is 12.5. The first-order valence-corrected chi connectivity index (χ1v) is 8.61. The Balaban J connectivity index is 1.57. The molecule has 6 nitrogen and oxygen atoms in total. The minimum atomic E-state index is -0.218. The van der Waals surface area contributed by atoms with Crippen molar-refractivity contribution >= 4 is 22.9 Å². The van der Waals surface area contributed by atoms with Gasteiger partial charge in [-0.15, -0.1) is 11.3 Å². The summed E-state index contributed by atoms with van der Waals surface area (Å²) in [6.45, 7) is 3.37. The average Bonchev–Trinajstić information content (AvgIpc) is 3.21. The first-order valence-electron chi connectivity index (χ1n) is 7.73. The maximum atomic E-state index is 12.5. The van der Waals surface area contributed by atoms with Crippen molar-refractivity contribution < 1.29 is 9.53 Å². The van der Waals surface area contributed by atoms with Crippen molar-refractivity contribution in [2.45, 2.75) is 19.9 Å². The van der Waals surface area contributed by atoms with Gasteiger partial charge in [-0.1, -0.05) is 12.1 Å². The summed E-state index contributed by atoms with van der Waals surface area (Å²) < 4.78 is 7.31. The Labute approximate surface area is 143 Å². The number of ether oxygens (including phenoxy) is 1. The van der Waals surface area contributed by atoms with Crippen LogP contribution in [0.5, 0.6) is 5.88 Å². The minimum Gasteiger partial charge on any atom is -0.477 e. The second kappa shape index (κ2) is 6.09. The molecule has 0 aliphatic carbocycles. The summed E-state index contributed by atoms with van der Waals surface area (Å²) in [6.07, 6.45) is 2.47. The number of thiazole rings is 1. The van der Waals surface area contributed by atoms with E-state index in [1.165, 1.54) is 0 Å². The van der Waals surface area contributed by atoms with Gasteiger partial charge in [0.25, 0.3) is 5.91 Å². The van der Waals surface area contributed by atoms with Crippen molar-refractivity contribution in [2.24, 2.45) is 0 Å². The molecule has 1 aliphatic rings. The van der Waals surface area contributed by atoms with Crippen LogP contribution in [0.1, 0.15) is 21.8 Å². The van der Waals surface area contributed by atoms with Gasteiger partial charge in [-0.3, -0.25) is 4.79 Å². The SMILES string of the molecule is Cc1nc(-c2cccc(NC(=O)c3cnn4c3OCCC4)c2)cs1. The number of aryl methyl sites for hydroxylation is 2. The summed E-state index contributed by atoms with van der Waals surface area (Å²) >= 11 is 1.61. The molecule has 3 aromatic rings. The normalized spacial score (nSPS) is 13.2. The van der Waals surface area contributed by atoms with Crippen LogP contribution in [0.15, 0.2) is 35.8 Å². The quantitative estimate of drug-likeness (QED) is 0.794. The number of fused-ring (bicyclic) bond motifs is 1. The average molecular weight is 340 g/mol. The molecule has 122 valence electrons. The first kappa shape index (κ1) is 14.9.